The summed E-state index contributed by atoms with van der Waals surface area (Å²) in [5.41, 5.74) is 2.20. The molecule has 332 valence electrons. The van der Waals surface area contributed by atoms with Crippen molar-refractivity contribution in [3.63, 3.8) is 0 Å². The highest BCUT2D eigenvalue weighted by atomic mass is 35.5. The van der Waals surface area contributed by atoms with Gasteiger partial charge in [-0.1, -0.05) is 6.92 Å². The van der Waals surface area contributed by atoms with Gasteiger partial charge in [-0.3, -0.25) is 17.5 Å². The van der Waals surface area contributed by atoms with Gasteiger partial charge in [-0.05, 0) is 121 Å². The standard InChI is InChI=1S/C35H33Cl2N11O11S4/c1-2-17-57-60(49)26-12-7-23(8-13-26)41-34-45-31(37)46-35(48-34)42-25-11-16-28(29(20-25)62(51,52)53)38-21-3-5-22(6-4-21)39-32-43-30(36)44-33(47-32)40-24-9-14-27(15-10-24)61(50)58-18-19-59-63(54,55)56/h3-16,20,38H,2,17-19H2,1H3,(H,51,52,53)(H,54,55,56)(H2,39,40,43,44,47)(H2,41,42,45,46,48). The molecular formula is C35H33Cl2N11O11S4. The number of hydrogen-bond acceptors (Lipinski definition) is 20. The van der Waals surface area contributed by atoms with Gasteiger partial charge in [0.05, 0.1) is 35.3 Å². The first-order chi connectivity index (χ1) is 30.0. The van der Waals surface area contributed by atoms with E-state index >= 15 is 0 Å². The fraction of sp³-hybridized carbons (Fsp3) is 0.143. The summed E-state index contributed by atoms with van der Waals surface area (Å²) in [5, 5.41) is 14.4. The van der Waals surface area contributed by atoms with Crippen molar-refractivity contribution in [2.24, 2.45) is 0 Å². The van der Waals surface area contributed by atoms with Crippen LogP contribution in [0.1, 0.15) is 13.3 Å². The predicted octanol–water partition coefficient (Wildman–Crippen LogP) is 6.64. The summed E-state index contributed by atoms with van der Waals surface area (Å²) < 4.78 is 104. The predicted molar refractivity (Wildman–Crippen MR) is 234 cm³/mol. The lowest BCUT2D eigenvalue weighted by Crippen LogP contribution is -2.11. The lowest BCUT2D eigenvalue weighted by molar-refractivity contribution is 0.212. The van der Waals surface area contributed by atoms with Crippen LogP contribution in [0.5, 0.6) is 0 Å². The number of halogens is 2. The van der Waals surface area contributed by atoms with Crippen LogP contribution in [0.25, 0.3) is 0 Å². The Balaban J connectivity index is 1.07. The van der Waals surface area contributed by atoms with Crippen molar-refractivity contribution in [3.8, 4) is 0 Å². The van der Waals surface area contributed by atoms with Crippen molar-refractivity contribution >= 4 is 124 Å². The molecule has 22 nitrogen and oxygen atoms in total. The van der Waals surface area contributed by atoms with Gasteiger partial charge >= 0.3 is 10.4 Å². The Kier molecular flexibility index (Phi) is 15.8. The molecule has 0 amide bonds. The van der Waals surface area contributed by atoms with Gasteiger partial charge in [0.15, 0.2) is 22.2 Å². The monoisotopic (exact) mass is 981 g/mol. The first-order valence-corrected chi connectivity index (χ1v) is 23.5. The number of aromatic nitrogens is 6. The number of anilines is 10. The van der Waals surface area contributed by atoms with E-state index in [4.69, 9.17) is 36.1 Å². The molecule has 0 fully saturated rings. The van der Waals surface area contributed by atoms with Crippen LogP contribution in [-0.4, -0.2) is 84.1 Å². The van der Waals surface area contributed by atoms with E-state index in [0.717, 1.165) is 6.42 Å². The molecule has 0 aliphatic heterocycles. The summed E-state index contributed by atoms with van der Waals surface area (Å²) in [7, 11) is -9.40. The molecule has 2 heterocycles. The molecule has 2 atom stereocenters. The van der Waals surface area contributed by atoms with Gasteiger partial charge in [-0.15, -0.1) is 0 Å². The minimum atomic E-state index is -4.76. The summed E-state index contributed by atoms with van der Waals surface area (Å²) in [5.74, 6) is 0.135. The summed E-state index contributed by atoms with van der Waals surface area (Å²) >= 11 is 8.75. The Morgan fingerprint density at radius 1 is 0.540 bits per heavy atom. The van der Waals surface area contributed by atoms with E-state index in [9.17, 15) is 29.8 Å². The van der Waals surface area contributed by atoms with E-state index in [2.05, 4.69) is 60.7 Å². The Bertz CT molecular complexity index is 2840. The van der Waals surface area contributed by atoms with Gasteiger partial charge in [0, 0.05) is 28.4 Å². The molecule has 0 spiro atoms. The SMILES string of the molecule is CCCOS(=O)c1ccc(Nc2nc(Cl)nc(Nc3ccc(Nc4ccc(Nc5nc(Cl)nc(Nc6ccc(S(=O)OCCOS(=O)(=O)O)cc6)n5)cc4)c(S(=O)(=O)O)c3)n2)cc1. The van der Waals surface area contributed by atoms with Crippen molar-refractivity contribution < 1.29 is 46.9 Å². The second-order valence-corrected chi connectivity index (χ2v) is 17.8. The van der Waals surface area contributed by atoms with Gasteiger partial charge in [0.1, 0.15) is 4.90 Å². The van der Waals surface area contributed by atoms with Crippen molar-refractivity contribution in [2.75, 3.05) is 46.4 Å². The van der Waals surface area contributed by atoms with E-state index in [1.54, 1.807) is 60.7 Å². The van der Waals surface area contributed by atoms with Crippen molar-refractivity contribution in [2.45, 2.75) is 28.0 Å². The second-order valence-electron chi connectivity index (χ2n) is 12.3. The Morgan fingerprint density at radius 2 is 0.921 bits per heavy atom. The number of hydrogen-bond donors (Lipinski definition) is 7. The first-order valence-electron chi connectivity index (χ1n) is 17.8. The molecule has 7 N–H and O–H groups in total. The highest BCUT2D eigenvalue weighted by molar-refractivity contribution is 7.86. The molecule has 0 radical (unpaired) electrons. The maximum Gasteiger partial charge on any atom is 0.397 e. The summed E-state index contributed by atoms with van der Waals surface area (Å²) in [6.45, 7) is 1.37. The van der Waals surface area contributed by atoms with Crippen LogP contribution >= 0.6 is 23.2 Å². The molecule has 2 unspecified atom stereocenters. The van der Waals surface area contributed by atoms with Crippen LogP contribution in [0.15, 0.2) is 106 Å². The van der Waals surface area contributed by atoms with Gasteiger partial charge in [-0.2, -0.15) is 46.7 Å². The number of rotatable bonds is 21. The van der Waals surface area contributed by atoms with Gasteiger partial charge < -0.3 is 26.6 Å². The van der Waals surface area contributed by atoms with E-state index < -0.39 is 54.2 Å². The zero-order valence-electron chi connectivity index (χ0n) is 32.1. The fourth-order valence-electron chi connectivity index (χ4n) is 4.99. The molecule has 6 aromatic rings. The third-order valence-electron chi connectivity index (χ3n) is 7.66. The smallest absolute Gasteiger partial charge is 0.354 e. The quantitative estimate of drug-likeness (QED) is 0.0294. The van der Waals surface area contributed by atoms with Crippen molar-refractivity contribution in [3.05, 3.63) is 102 Å². The molecular weight excluding hydrogens is 950 g/mol. The number of nitrogens with one attached hydrogen (secondary N) is 5. The molecule has 28 heteroatoms. The summed E-state index contributed by atoms with van der Waals surface area (Å²) in [6.07, 6.45) is 0.723. The summed E-state index contributed by atoms with van der Waals surface area (Å²) in [4.78, 5) is 25.1. The normalized spacial score (nSPS) is 12.6. The van der Waals surface area contributed by atoms with E-state index in [1.807, 2.05) is 6.92 Å². The lowest BCUT2D eigenvalue weighted by Gasteiger charge is -2.14. The van der Waals surface area contributed by atoms with Crippen LogP contribution in [0, 0.1) is 0 Å². The number of benzene rings is 4. The minimum Gasteiger partial charge on any atom is -0.354 e. The molecule has 0 saturated heterocycles. The van der Waals surface area contributed by atoms with Crippen molar-refractivity contribution in [1.82, 2.24) is 29.9 Å². The van der Waals surface area contributed by atoms with E-state index in [1.165, 1.54) is 30.3 Å². The average molecular weight is 983 g/mol. The second kappa shape index (κ2) is 21.2. The van der Waals surface area contributed by atoms with Crippen LogP contribution in [0.3, 0.4) is 0 Å². The Labute approximate surface area is 374 Å². The third kappa shape index (κ3) is 14.5. The number of nitrogens with zero attached hydrogens (tertiary/aromatic N) is 6. The molecule has 6 rings (SSSR count). The minimum absolute atomic E-state index is 0.0429. The highest BCUT2D eigenvalue weighted by Gasteiger charge is 2.18. The fourth-order valence-corrected chi connectivity index (χ4v) is 7.79. The maximum atomic E-state index is 12.5. The van der Waals surface area contributed by atoms with Gasteiger partial charge in [-0.25, -0.2) is 12.6 Å². The molecule has 0 aliphatic carbocycles. The van der Waals surface area contributed by atoms with Crippen LogP contribution in [0.2, 0.25) is 10.6 Å². The zero-order valence-corrected chi connectivity index (χ0v) is 36.9. The molecule has 0 aliphatic rings. The topological polar surface area (TPSA) is 308 Å². The average Bonchev–Trinajstić information content (AvgIpc) is 3.22. The largest absolute Gasteiger partial charge is 0.397 e. The molecule has 0 saturated carbocycles. The lowest BCUT2D eigenvalue weighted by atomic mass is 10.2. The van der Waals surface area contributed by atoms with Gasteiger partial charge in [0.2, 0.25) is 34.4 Å². The zero-order chi connectivity index (χ0) is 45.1. The van der Waals surface area contributed by atoms with Crippen LogP contribution in [-0.2, 0) is 55.2 Å². The summed E-state index contributed by atoms with van der Waals surface area (Å²) in [6, 6.07) is 23.3. The van der Waals surface area contributed by atoms with Gasteiger partial charge in [0.25, 0.3) is 10.1 Å². The Hall–Kier alpha value is -5.52. The molecule has 63 heavy (non-hydrogen) atoms. The molecule has 0 bridgehead atoms. The Morgan fingerprint density at radius 3 is 1.33 bits per heavy atom. The third-order valence-corrected chi connectivity index (χ3v) is 11.4. The first kappa shape index (κ1) is 47.0. The van der Waals surface area contributed by atoms with Crippen LogP contribution < -0.4 is 26.6 Å². The maximum absolute atomic E-state index is 12.5. The molecule has 2 aromatic heterocycles. The van der Waals surface area contributed by atoms with E-state index in [-0.39, 0.29) is 57.2 Å². The van der Waals surface area contributed by atoms with Crippen LogP contribution in [0.4, 0.5) is 57.9 Å². The highest BCUT2D eigenvalue weighted by Crippen LogP contribution is 2.31. The van der Waals surface area contributed by atoms with Crippen molar-refractivity contribution in [1.29, 1.82) is 0 Å². The van der Waals surface area contributed by atoms with E-state index in [0.29, 0.717) is 34.3 Å². The molecule has 4 aromatic carbocycles.